The molecule has 0 unspecified atom stereocenters. The molecule has 1 aromatic carbocycles. The molecule has 2 amide bonds. The van der Waals surface area contributed by atoms with E-state index in [0.29, 0.717) is 35.1 Å². The van der Waals surface area contributed by atoms with E-state index in [1.807, 2.05) is 13.8 Å². The molecular weight excluding hydrogens is 475 g/mol. The molecule has 0 atom stereocenters. The topological polar surface area (TPSA) is 100 Å². The molecule has 2 fully saturated rings. The van der Waals surface area contributed by atoms with E-state index in [1.165, 1.54) is 10.6 Å². The number of aryl methyl sites for hydroxylation is 2. The Hall–Kier alpha value is -3.82. The van der Waals surface area contributed by atoms with E-state index in [1.54, 1.807) is 55.7 Å². The lowest BCUT2D eigenvalue weighted by Crippen LogP contribution is -2.59. The van der Waals surface area contributed by atoms with Crippen molar-refractivity contribution in [1.29, 1.82) is 0 Å². The molecule has 0 bridgehead atoms. The van der Waals surface area contributed by atoms with E-state index in [-0.39, 0.29) is 40.7 Å². The van der Waals surface area contributed by atoms with Crippen LogP contribution in [0.1, 0.15) is 43.9 Å². The predicted octanol–water partition coefficient (Wildman–Crippen LogP) is 4.00. The van der Waals surface area contributed by atoms with Gasteiger partial charge in [-0.2, -0.15) is 0 Å². The second-order valence-corrected chi connectivity index (χ2v) is 9.48. The quantitative estimate of drug-likeness (QED) is 0.482. The third-order valence-electron chi connectivity index (χ3n) is 6.87. The molecule has 198 valence electrons. The van der Waals surface area contributed by atoms with Crippen LogP contribution in [0.4, 0.5) is 26.4 Å². The molecule has 1 saturated carbocycles. The predicted molar refractivity (Wildman–Crippen MR) is 146 cm³/mol. The molecule has 1 aliphatic heterocycles. The Morgan fingerprint density at radius 2 is 1.70 bits per heavy atom. The highest BCUT2D eigenvalue weighted by atomic mass is 19.1. The van der Waals surface area contributed by atoms with Gasteiger partial charge in [0.2, 0.25) is 0 Å². The number of nitrogens with zero attached hydrogens (tertiary/aromatic N) is 3. The minimum atomic E-state index is -0.466. The summed E-state index contributed by atoms with van der Waals surface area (Å²) in [5, 5.41) is 9.94. The molecule has 2 aliphatic rings. The number of hydrogen-bond acceptors (Lipinski definition) is 5. The van der Waals surface area contributed by atoms with Gasteiger partial charge in [-0.05, 0) is 44.4 Å². The van der Waals surface area contributed by atoms with Crippen molar-refractivity contribution in [2.45, 2.75) is 52.6 Å². The van der Waals surface area contributed by atoms with Gasteiger partial charge >= 0.3 is 6.03 Å². The molecule has 3 aromatic rings. The average Bonchev–Trinajstić information content (AvgIpc) is 3.70. The summed E-state index contributed by atoms with van der Waals surface area (Å²) >= 11 is 0. The van der Waals surface area contributed by atoms with Crippen LogP contribution in [0.5, 0.6) is 0 Å². The van der Waals surface area contributed by atoms with Gasteiger partial charge in [-0.3, -0.25) is 14.2 Å². The van der Waals surface area contributed by atoms with Crippen molar-refractivity contribution < 1.29 is 9.18 Å². The first-order chi connectivity index (χ1) is 17.7. The van der Waals surface area contributed by atoms with E-state index in [0.717, 1.165) is 18.4 Å². The number of nitrogens with one attached hydrogen (secondary N) is 3. The number of likely N-dealkylation sites (tertiary alicyclic amines) is 1. The highest BCUT2D eigenvalue weighted by Crippen LogP contribution is 2.37. The lowest BCUT2D eigenvalue weighted by atomic mass is 10.0. The van der Waals surface area contributed by atoms with Crippen molar-refractivity contribution in [2.24, 2.45) is 7.05 Å². The Balaban J connectivity index is 0.00000156. The van der Waals surface area contributed by atoms with E-state index < -0.39 is 5.82 Å². The molecule has 1 aliphatic carbocycles. The molecular formula is C27H35FN6O3. The Morgan fingerprint density at radius 1 is 1.03 bits per heavy atom. The van der Waals surface area contributed by atoms with Crippen molar-refractivity contribution in [1.82, 2.24) is 19.4 Å². The normalized spacial score (nSPS) is 15.1. The number of urea groups is 1. The van der Waals surface area contributed by atoms with Crippen molar-refractivity contribution in [3.05, 3.63) is 62.0 Å². The highest BCUT2D eigenvalue weighted by molar-refractivity contribution is 6.02. The molecule has 3 N–H and O–H groups in total. The number of benzene rings is 1. The number of amides is 2. The van der Waals surface area contributed by atoms with Crippen LogP contribution in [0, 0.1) is 19.7 Å². The van der Waals surface area contributed by atoms with Crippen molar-refractivity contribution in [3.8, 4) is 0 Å². The van der Waals surface area contributed by atoms with Crippen molar-refractivity contribution >= 4 is 34.0 Å². The Labute approximate surface area is 215 Å². The van der Waals surface area contributed by atoms with Crippen LogP contribution in [0.25, 0.3) is 10.8 Å². The van der Waals surface area contributed by atoms with Crippen molar-refractivity contribution in [3.63, 3.8) is 0 Å². The third-order valence-corrected chi connectivity index (χ3v) is 6.87. The van der Waals surface area contributed by atoms with Gasteiger partial charge in [-0.15, -0.1) is 0 Å². The summed E-state index contributed by atoms with van der Waals surface area (Å²) in [6, 6.07) is 4.70. The fourth-order valence-electron chi connectivity index (χ4n) is 4.71. The first-order valence-corrected chi connectivity index (χ1v) is 12.7. The summed E-state index contributed by atoms with van der Waals surface area (Å²) < 4.78 is 17.8. The van der Waals surface area contributed by atoms with E-state index in [9.17, 15) is 18.8 Å². The number of carbonyl (C=O) groups excluding carboxylic acids is 1. The van der Waals surface area contributed by atoms with Crippen LogP contribution in [0.3, 0.4) is 0 Å². The van der Waals surface area contributed by atoms with Crippen LogP contribution in [-0.4, -0.2) is 46.2 Å². The summed E-state index contributed by atoms with van der Waals surface area (Å²) in [4.78, 5) is 40.4. The van der Waals surface area contributed by atoms with Crippen LogP contribution < -0.4 is 27.1 Å². The summed E-state index contributed by atoms with van der Waals surface area (Å²) in [5.41, 5.74) is 1.55. The zero-order chi connectivity index (χ0) is 27.0. The second-order valence-electron chi connectivity index (χ2n) is 9.48. The number of aromatic nitrogens is 2. The lowest BCUT2D eigenvalue weighted by Gasteiger charge is -2.40. The number of pyridine rings is 2. The number of fused-ring (bicyclic) bond motifs is 1. The Morgan fingerprint density at radius 3 is 2.30 bits per heavy atom. The van der Waals surface area contributed by atoms with Gasteiger partial charge in [0.05, 0.1) is 22.8 Å². The molecule has 3 heterocycles. The molecule has 5 rings (SSSR count). The molecule has 10 heteroatoms. The molecule has 0 radical (unpaired) electrons. The fraction of sp³-hybridized carbons (Fsp3) is 0.444. The first kappa shape index (κ1) is 26.2. The van der Waals surface area contributed by atoms with Gasteiger partial charge in [0.1, 0.15) is 11.6 Å². The molecule has 1 saturated heterocycles. The monoisotopic (exact) mass is 510 g/mol. The summed E-state index contributed by atoms with van der Waals surface area (Å²) in [7, 11) is 3.17. The molecule has 9 nitrogen and oxygen atoms in total. The maximum Gasteiger partial charge on any atom is 0.317 e. The standard InChI is InChI=1S/C25H29FN6O3.C2H6/c1-13-5-8-18(17(26)9-13)29-22-21-20(14(2)23(33)30(22)4)19(12-32(24(21)34)16-6-7-16)28-15-10-31(11-15)25(35)27-3;1-2/h5,8-9,12,15-16,28-29H,6-7,10-11H2,1-4H3,(H,27,35);1-2H3. The van der Waals surface area contributed by atoms with Gasteiger partial charge in [0, 0.05) is 50.4 Å². The second kappa shape index (κ2) is 10.3. The van der Waals surface area contributed by atoms with Gasteiger partial charge in [-0.25, -0.2) is 9.18 Å². The van der Waals surface area contributed by atoms with Gasteiger partial charge in [0.15, 0.2) is 0 Å². The van der Waals surface area contributed by atoms with E-state index in [2.05, 4.69) is 16.0 Å². The smallest absolute Gasteiger partial charge is 0.317 e. The maximum absolute atomic E-state index is 14.7. The maximum atomic E-state index is 14.7. The number of hydrogen-bond donors (Lipinski definition) is 3. The number of halogens is 1. The third kappa shape index (κ3) is 4.80. The minimum absolute atomic E-state index is 0.0185. The molecule has 37 heavy (non-hydrogen) atoms. The number of carbonyl (C=O) groups is 1. The fourth-order valence-corrected chi connectivity index (χ4v) is 4.71. The van der Waals surface area contributed by atoms with Gasteiger partial charge < -0.3 is 25.4 Å². The van der Waals surface area contributed by atoms with Crippen LogP contribution in [-0.2, 0) is 7.05 Å². The Kier molecular flexibility index (Phi) is 7.29. The van der Waals surface area contributed by atoms with Crippen molar-refractivity contribution in [2.75, 3.05) is 30.8 Å². The molecule has 2 aromatic heterocycles. The highest BCUT2D eigenvalue weighted by Gasteiger charge is 2.33. The summed E-state index contributed by atoms with van der Waals surface area (Å²) in [6.07, 6.45) is 3.59. The summed E-state index contributed by atoms with van der Waals surface area (Å²) in [5.74, 6) is -0.214. The van der Waals surface area contributed by atoms with Crippen LogP contribution in [0.2, 0.25) is 0 Å². The minimum Gasteiger partial charge on any atom is -0.377 e. The Bertz CT molecular complexity index is 1470. The van der Waals surface area contributed by atoms with Gasteiger partial charge in [-0.1, -0.05) is 19.9 Å². The number of rotatable bonds is 5. The summed E-state index contributed by atoms with van der Waals surface area (Å²) in [6.45, 7) is 8.51. The van der Waals surface area contributed by atoms with Crippen LogP contribution in [0.15, 0.2) is 34.0 Å². The largest absolute Gasteiger partial charge is 0.377 e. The first-order valence-electron chi connectivity index (χ1n) is 12.7. The zero-order valence-electron chi connectivity index (χ0n) is 22.2. The SMILES string of the molecule is CC.CNC(=O)N1CC(Nc2cn(C3CC3)c(=O)c3c(Nc4ccc(C)cc4F)n(C)c(=O)c(C)c23)C1. The van der Waals surface area contributed by atoms with Crippen LogP contribution >= 0.6 is 0 Å². The lowest BCUT2D eigenvalue weighted by molar-refractivity contribution is 0.160. The van der Waals surface area contributed by atoms with E-state index >= 15 is 0 Å². The number of anilines is 3. The zero-order valence-corrected chi connectivity index (χ0v) is 22.2. The van der Waals surface area contributed by atoms with Gasteiger partial charge in [0.25, 0.3) is 11.1 Å². The molecule has 0 spiro atoms. The average molecular weight is 511 g/mol. The van der Waals surface area contributed by atoms with E-state index in [4.69, 9.17) is 0 Å².